The van der Waals surface area contributed by atoms with Gasteiger partial charge >= 0.3 is 5.97 Å². The first-order valence-corrected chi connectivity index (χ1v) is 9.36. The smallest absolute Gasteiger partial charge is 0.319 e. The number of carbonyl (C=O) groups is 2. The summed E-state index contributed by atoms with van der Waals surface area (Å²) in [6.07, 6.45) is 1.87. The minimum absolute atomic E-state index is 0.0960. The number of rotatable bonds is 9. The summed E-state index contributed by atoms with van der Waals surface area (Å²) in [6, 6.07) is 1.94. The molecule has 7 heteroatoms. The van der Waals surface area contributed by atoms with Crippen molar-refractivity contribution in [2.75, 3.05) is 5.32 Å². The Morgan fingerprint density at radius 1 is 1.20 bits per heavy atom. The number of hydrogen-bond acceptors (Lipinski definition) is 4. The number of carbonyl (C=O) groups excluding carboxylic acids is 2. The lowest BCUT2D eigenvalue weighted by atomic mass is 10.2. The molecule has 0 aromatic heterocycles. The van der Waals surface area contributed by atoms with Gasteiger partial charge in [0.1, 0.15) is 16.9 Å². The SMILES string of the molecule is CCCC(Sc1cc(NC(=O)CC)c(F)cc1F)C(=O)OC(C)CC. The van der Waals surface area contributed by atoms with Gasteiger partial charge in [-0.05, 0) is 25.8 Å². The van der Waals surface area contributed by atoms with Gasteiger partial charge < -0.3 is 10.1 Å². The van der Waals surface area contributed by atoms with Crippen molar-refractivity contribution < 1.29 is 23.1 Å². The first kappa shape index (κ1) is 21.4. The molecule has 1 N–H and O–H groups in total. The predicted octanol–water partition coefficient (Wildman–Crippen LogP) is 4.92. The van der Waals surface area contributed by atoms with Crippen LogP contribution in [0.2, 0.25) is 0 Å². The van der Waals surface area contributed by atoms with Gasteiger partial charge in [0.25, 0.3) is 0 Å². The molecule has 1 rings (SSSR count). The summed E-state index contributed by atoms with van der Waals surface area (Å²) in [4.78, 5) is 23.9. The van der Waals surface area contributed by atoms with E-state index in [1.54, 1.807) is 13.8 Å². The van der Waals surface area contributed by atoms with Gasteiger partial charge in [0.15, 0.2) is 0 Å². The van der Waals surface area contributed by atoms with E-state index >= 15 is 0 Å². The molecule has 1 aromatic carbocycles. The fraction of sp³-hybridized carbons (Fsp3) is 0.556. The van der Waals surface area contributed by atoms with Crippen LogP contribution in [0.15, 0.2) is 17.0 Å². The Kier molecular flexibility index (Phi) is 8.89. The van der Waals surface area contributed by atoms with Gasteiger partial charge in [0.2, 0.25) is 5.91 Å². The van der Waals surface area contributed by atoms with Crippen molar-refractivity contribution in [3.05, 3.63) is 23.8 Å². The number of hydrogen-bond donors (Lipinski definition) is 1. The van der Waals surface area contributed by atoms with Crippen molar-refractivity contribution in [3.8, 4) is 0 Å². The van der Waals surface area contributed by atoms with Crippen molar-refractivity contribution in [2.45, 2.75) is 69.6 Å². The summed E-state index contributed by atoms with van der Waals surface area (Å²) < 4.78 is 33.3. The van der Waals surface area contributed by atoms with E-state index in [0.29, 0.717) is 12.8 Å². The second kappa shape index (κ2) is 10.4. The fourth-order valence-corrected chi connectivity index (χ4v) is 3.12. The number of nitrogens with one attached hydrogen (secondary N) is 1. The number of anilines is 1. The third-order valence-corrected chi connectivity index (χ3v) is 4.87. The third kappa shape index (κ3) is 6.65. The molecule has 2 atom stereocenters. The van der Waals surface area contributed by atoms with Crippen molar-refractivity contribution >= 4 is 29.3 Å². The van der Waals surface area contributed by atoms with Gasteiger partial charge in [-0.2, -0.15) is 0 Å². The van der Waals surface area contributed by atoms with Gasteiger partial charge in [-0.1, -0.05) is 27.2 Å². The van der Waals surface area contributed by atoms with Crippen LogP contribution in [0.1, 0.15) is 53.4 Å². The molecule has 140 valence electrons. The number of ether oxygens (including phenoxy) is 1. The average Bonchev–Trinajstić information content (AvgIpc) is 2.57. The van der Waals surface area contributed by atoms with Crippen LogP contribution in [-0.2, 0) is 14.3 Å². The molecule has 1 amide bonds. The number of halogens is 2. The molecule has 0 heterocycles. The zero-order valence-electron chi connectivity index (χ0n) is 15.0. The zero-order chi connectivity index (χ0) is 19.0. The molecule has 1 aromatic rings. The lowest BCUT2D eigenvalue weighted by Gasteiger charge is -2.19. The van der Waals surface area contributed by atoms with E-state index in [9.17, 15) is 18.4 Å². The summed E-state index contributed by atoms with van der Waals surface area (Å²) in [5.41, 5.74) is -0.0960. The van der Waals surface area contributed by atoms with Crippen LogP contribution in [0.3, 0.4) is 0 Å². The second-order valence-electron chi connectivity index (χ2n) is 5.72. The third-order valence-electron chi connectivity index (χ3n) is 3.59. The first-order chi connectivity index (χ1) is 11.8. The number of thioether (sulfide) groups is 1. The highest BCUT2D eigenvalue weighted by atomic mass is 32.2. The Labute approximate surface area is 151 Å². The molecule has 0 saturated heterocycles. The largest absolute Gasteiger partial charge is 0.462 e. The zero-order valence-corrected chi connectivity index (χ0v) is 15.8. The van der Waals surface area contributed by atoms with Crippen molar-refractivity contribution in [2.24, 2.45) is 0 Å². The summed E-state index contributed by atoms with van der Waals surface area (Å²) in [5.74, 6) is -2.40. The van der Waals surface area contributed by atoms with Crippen LogP contribution in [0.4, 0.5) is 14.5 Å². The lowest BCUT2D eigenvalue weighted by Crippen LogP contribution is -2.24. The normalized spacial score (nSPS) is 13.2. The Hall–Kier alpha value is -1.63. The molecule has 4 nitrogen and oxygen atoms in total. The van der Waals surface area contributed by atoms with Crippen LogP contribution in [0, 0.1) is 11.6 Å². The van der Waals surface area contributed by atoms with Crippen LogP contribution in [0.5, 0.6) is 0 Å². The highest BCUT2D eigenvalue weighted by molar-refractivity contribution is 8.00. The molecule has 2 unspecified atom stereocenters. The second-order valence-corrected chi connectivity index (χ2v) is 6.96. The lowest BCUT2D eigenvalue weighted by molar-refractivity contribution is -0.147. The molecule has 0 spiro atoms. The Morgan fingerprint density at radius 2 is 1.88 bits per heavy atom. The van der Waals surface area contributed by atoms with E-state index in [4.69, 9.17) is 4.74 Å². The molecular formula is C18H25F2NO3S. The molecule has 0 aliphatic heterocycles. The number of esters is 1. The van der Waals surface area contributed by atoms with Gasteiger partial charge in [-0.15, -0.1) is 11.8 Å². The van der Waals surface area contributed by atoms with Crippen molar-refractivity contribution in [1.29, 1.82) is 0 Å². The Morgan fingerprint density at radius 3 is 2.44 bits per heavy atom. The highest BCUT2D eigenvalue weighted by Gasteiger charge is 2.24. The first-order valence-electron chi connectivity index (χ1n) is 8.48. The van der Waals surface area contributed by atoms with Gasteiger partial charge in [0, 0.05) is 17.4 Å². The molecule has 0 aliphatic carbocycles. The summed E-state index contributed by atoms with van der Waals surface area (Å²) in [6.45, 7) is 7.25. The Bertz CT molecular complexity index is 610. The van der Waals surface area contributed by atoms with E-state index in [1.807, 2.05) is 13.8 Å². The van der Waals surface area contributed by atoms with E-state index in [0.717, 1.165) is 24.2 Å². The molecular weight excluding hydrogens is 348 g/mol. The standard InChI is InChI=1S/C18H25F2NO3S/c1-5-8-15(18(23)24-11(4)6-2)25-16-10-14(21-17(22)7-3)12(19)9-13(16)20/h9-11,15H,5-8H2,1-4H3,(H,21,22). The summed E-state index contributed by atoms with van der Waals surface area (Å²) in [7, 11) is 0. The van der Waals surface area contributed by atoms with E-state index in [-0.39, 0.29) is 29.0 Å². The minimum atomic E-state index is -0.849. The maximum atomic E-state index is 14.1. The molecule has 0 radical (unpaired) electrons. The molecule has 0 bridgehead atoms. The summed E-state index contributed by atoms with van der Waals surface area (Å²) in [5, 5.41) is 1.80. The van der Waals surface area contributed by atoms with Gasteiger partial charge in [0.05, 0.1) is 11.8 Å². The monoisotopic (exact) mass is 373 g/mol. The number of amides is 1. The molecule has 25 heavy (non-hydrogen) atoms. The molecule has 0 saturated carbocycles. The van der Waals surface area contributed by atoms with E-state index in [1.165, 1.54) is 6.07 Å². The highest BCUT2D eigenvalue weighted by Crippen LogP contribution is 2.33. The van der Waals surface area contributed by atoms with Crippen molar-refractivity contribution in [1.82, 2.24) is 0 Å². The maximum Gasteiger partial charge on any atom is 0.319 e. The van der Waals surface area contributed by atoms with Crippen LogP contribution in [0.25, 0.3) is 0 Å². The molecule has 0 aliphatic rings. The predicted molar refractivity (Wildman–Crippen MR) is 95.7 cm³/mol. The molecule has 0 fully saturated rings. The van der Waals surface area contributed by atoms with E-state index < -0.39 is 22.9 Å². The minimum Gasteiger partial charge on any atom is -0.462 e. The average molecular weight is 373 g/mol. The Balaban J connectivity index is 3.01. The van der Waals surface area contributed by atoms with Crippen molar-refractivity contribution in [3.63, 3.8) is 0 Å². The summed E-state index contributed by atoms with van der Waals surface area (Å²) >= 11 is 0.991. The fourth-order valence-electron chi connectivity index (χ4n) is 1.95. The van der Waals surface area contributed by atoms with Crippen LogP contribution in [-0.4, -0.2) is 23.2 Å². The number of benzene rings is 1. The quantitative estimate of drug-likeness (QED) is 0.493. The van der Waals surface area contributed by atoms with Crippen LogP contribution < -0.4 is 5.32 Å². The van der Waals surface area contributed by atoms with Gasteiger partial charge in [-0.25, -0.2) is 8.78 Å². The topological polar surface area (TPSA) is 55.4 Å². The van der Waals surface area contributed by atoms with Crippen LogP contribution >= 0.6 is 11.8 Å². The van der Waals surface area contributed by atoms with E-state index in [2.05, 4.69) is 5.32 Å². The maximum absolute atomic E-state index is 14.1. The van der Waals surface area contributed by atoms with Gasteiger partial charge in [-0.3, -0.25) is 9.59 Å².